The molecule has 0 radical (unpaired) electrons. The third-order valence-electron chi connectivity index (χ3n) is 8.40. The van der Waals surface area contributed by atoms with E-state index in [2.05, 4.69) is 41.7 Å². The van der Waals surface area contributed by atoms with Crippen LogP contribution >= 0.6 is 0 Å². The molecule has 2 saturated carbocycles. The largest absolute Gasteiger partial charge is 0.459 e. The van der Waals surface area contributed by atoms with Crippen LogP contribution in [0.15, 0.2) is 58.0 Å². The Morgan fingerprint density at radius 2 is 1.04 bits per heavy atom. The second-order valence-corrected chi connectivity index (χ2v) is 11.5. The minimum absolute atomic E-state index is 0.0980. The summed E-state index contributed by atoms with van der Waals surface area (Å²) in [5.41, 5.74) is 1.09. The number of rotatable bonds is 10. The molecular weight excluding hydrogens is 624 g/mol. The first-order valence-electron chi connectivity index (χ1n) is 15.8. The van der Waals surface area contributed by atoms with E-state index in [1.807, 2.05) is 0 Å². The molecule has 2 aliphatic carbocycles. The second kappa shape index (κ2) is 16.6. The van der Waals surface area contributed by atoms with Crippen molar-refractivity contribution in [1.82, 2.24) is 31.0 Å². The maximum Gasteiger partial charge on any atom is 0.291 e. The molecule has 0 aromatic carbocycles. The molecule has 2 fully saturated rings. The number of hydrogen-bond donors (Lipinski definition) is 6. The van der Waals surface area contributed by atoms with E-state index < -0.39 is 11.8 Å². The van der Waals surface area contributed by atoms with Crippen molar-refractivity contribution in [3.05, 3.63) is 72.1 Å². The predicted molar refractivity (Wildman–Crippen MR) is 172 cm³/mol. The van der Waals surface area contributed by atoms with Gasteiger partial charge in [0, 0.05) is 26.3 Å². The molecule has 6 N–H and O–H groups in total. The third kappa shape index (κ3) is 8.98. The van der Waals surface area contributed by atoms with Gasteiger partial charge in [-0.2, -0.15) is 10.2 Å². The van der Waals surface area contributed by atoms with E-state index in [1.165, 1.54) is 24.9 Å². The molecule has 0 bridgehead atoms. The Labute approximate surface area is 276 Å². The second-order valence-electron chi connectivity index (χ2n) is 11.5. The molecule has 4 aromatic rings. The van der Waals surface area contributed by atoms with E-state index in [1.54, 1.807) is 38.5 Å². The maximum absolute atomic E-state index is 12.4. The van der Waals surface area contributed by atoms with Crippen LogP contribution in [0.5, 0.6) is 0 Å². The van der Waals surface area contributed by atoms with Crippen LogP contribution < -0.4 is 21.3 Å². The number of aromatic nitrogens is 4. The lowest BCUT2D eigenvalue weighted by atomic mass is 9.93. The Morgan fingerprint density at radius 1 is 0.646 bits per heavy atom. The van der Waals surface area contributed by atoms with Gasteiger partial charge in [0.15, 0.2) is 11.5 Å². The Hall–Kier alpha value is -5.22. The number of carbonyl (C=O) groups is 4. The SMILES string of the molecule is COC1CCC(NC(=O)c2[nH]ncc2NC(=O)c2ccco2)CC1.COC1CCC(NC(=O)c2[nH]ncc2NC(=O)c2ccco2)CC1. The summed E-state index contributed by atoms with van der Waals surface area (Å²) >= 11 is 0. The molecule has 2 aliphatic rings. The molecule has 256 valence electrons. The molecule has 0 spiro atoms. The lowest BCUT2D eigenvalue weighted by Gasteiger charge is -2.28. The van der Waals surface area contributed by atoms with Gasteiger partial charge in [0.2, 0.25) is 0 Å². The maximum atomic E-state index is 12.4. The minimum Gasteiger partial charge on any atom is -0.459 e. The van der Waals surface area contributed by atoms with Gasteiger partial charge in [0.05, 0.1) is 48.5 Å². The Balaban J connectivity index is 0.000000188. The van der Waals surface area contributed by atoms with Gasteiger partial charge in [0.1, 0.15) is 11.4 Å². The van der Waals surface area contributed by atoms with E-state index in [0.29, 0.717) is 11.4 Å². The number of aromatic amines is 2. The van der Waals surface area contributed by atoms with E-state index in [-0.39, 0.29) is 59.0 Å². The van der Waals surface area contributed by atoms with Crippen LogP contribution in [0.1, 0.15) is 93.5 Å². The van der Waals surface area contributed by atoms with Crippen molar-refractivity contribution in [2.24, 2.45) is 0 Å². The standard InChI is InChI=1S/2C16H20N4O4/c2*1-23-11-6-4-10(5-7-11)18-16(22)14-12(9-17-20-14)19-15(21)13-3-2-8-24-13/h2*2-3,8-11H,4-7H2,1H3,(H,17,20)(H,18,22)(H,19,21). The number of nitrogens with zero attached hydrogens (tertiary/aromatic N) is 2. The summed E-state index contributed by atoms with van der Waals surface area (Å²) in [6, 6.07) is 6.52. The summed E-state index contributed by atoms with van der Waals surface area (Å²) in [6.07, 6.45) is 13.3. The Bertz CT molecular complexity index is 1490. The fraction of sp³-hybridized carbons (Fsp3) is 0.438. The molecule has 0 saturated heterocycles. The fourth-order valence-electron chi connectivity index (χ4n) is 5.69. The van der Waals surface area contributed by atoms with Gasteiger partial charge in [-0.05, 0) is 75.6 Å². The molecule has 4 amide bonds. The first-order chi connectivity index (χ1) is 23.3. The minimum atomic E-state index is -0.434. The van der Waals surface area contributed by atoms with Gasteiger partial charge in [-0.25, -0.2) is 0 Å². The molecule has 16 heteroatoms. The highest BCUT2D eigenvalue weighted by Crippen LogP contribution is 2.23. The number of furan rings is 2. The lowest BCUT2D eigenvalue weighted by Crippen LogP contribution is -2.39. The zero-order valence-electron chi connectivity index (χ0n) is 26.7. The average Bonchev–Trinajstić information content (AvgIpc) is 3.94. The summed E-state index contributed by atoms with van der Waals surface area (Å²) in [7, 11) is 3.42. The molecule has 0 unspecified atom stereocenters. The Kier molecular flexibility index (Phi) is 11.8. The van der Waals surface area contributed by atoms with Gasteiger partial charge in [-0.3, -0.25) is 29.4 Å². The molecule has 4 heterocycles. The summed E-state index contributed by atoms with van der Waals surface area (Å²) in [5.74, 6) is -1.11. The van der Waals surface area contributed by atoms with Crippen LogP contribution in [0.25, 0.3) is 0 Å². The van der Waals surface area contributed by atoms with Crippen molar-refractivity contribution in [1.29, 1.82) is 0 Å². The monoisotopic (exact) mass is 664 g/mol. The molecule has 4 aromatic heterocycles. The van der Waals surface area contributed by atoms with Gasteiger partial charge < -0.3 is 39.6 Å². The van der Waals surface area contributed by atoms with E-state index in [9.17, 15) is 19.2 Å². The topological polar surface area (TPSA) is 218 Å². The molecule has 48 heavy (non-hydrogen) atoms. The normalized spacial score (nSPS) is 20.5. The average molecular weight is 665 g/mol. The Morgan fingerprint density at radius 3 is 1.38 bits per heavy atom. The smallest absolute Gasteiger partial charge is 0.291 e. The highest BCUT2D eigenvalue weighted by Gasteiger charge is 2.26. The van der Waals surface area contributed by atoms with Crippen molar-refractivity contribution in [3.63, 3.8) is 0 Å². The molecule has 0 atom stereocenters. The quantitative estimate of drug-likeness (QED) is 0.144. The van der Waals surface area contributed by atoms with Gasteiger partial charge in [-0.15, -0.1) is 0 Å². The van der Waals surface area contributed by atoms with Crippen molar-refractivity contribution in [3.8, 4) is 0 Å². The van der Waals surface area contributed by atoms with Crippen LogP contribution in [-0.4, -0.2) is 82.5 Å². The number of H-pyrrole nitrogens is 2. The number of ether oxygens (including phenoxy) is 2. The summed E-state index contributed by atoms with van der Waals surface area (Å²) in [6.45, 7) is 0. The van der Waals surface area contributed by atoms with Gasteiger partial charge in [-0.1, -0.05) is 0 Å². The number of methoxy groups -OCH3 is 2. The summed E-state index contributed by atoms with van der Waals surface area (Å²) in [4.78, 5) is 48.9. The molecular formula is C32H40N8O8. The molecule has 16 nitrogen and oxygen atoms in total. The van der Waals surface area contributed by atoms with Crippen LogP contribution in [-0.2, 0) is 9.47 Å². The van der Waals surface area contributed by atoms with E-state index >= 15 is 0 Å². The first-order valence-corrected chi connectivity index (χ1v) is 15.8. The third-order valence-corrected chi connectivity index (χ3v) is 8.40. The van der Waals surface area contributed by atoms with Gasteiger partial charge in [0.25, 0.3) is 23.6 Å². The number of anilines is 2. The van der Waals surface area contributed by atoms with Crippen molar-refractivity contribution < 1.29 is 37.5 Å². The number of nitrogens with one attached hydrogen (secondary N) is 6. The van der Waals surface area contributed by atoms with E-state index in [4.69, 9.17) is 18.3 Å². The molecule has 0 aliphatic heterocycles. The van der Waals surface area contributed by atoms with Crippen LogP contribution in [0.2, 0.25) is 0 Å². The summed E-state index contributed by atoms with van der Waals surface area (Å²) < 4.78 is 20.7. The number of hydrogen-bond acceptors (Lipinski definition) is 10. The van der Waals surface area contributed by atoms with Crippen LogP contribution in [0.4, 0.5) is 11.4 Å². The van der Waals surface area contributed by atoms with Crippen LogP contribution in [0, 0.1) is 0 Å². The summed E-state index contributed by atoms with van der Waals surface area (Å²) in [5, 5.41) is 24.1. The zero-order chi connectivity index (χ0) is 33.9. The lowest BCUT2D eigenvalue weighted by molar-refractivity contribution is 0.0598. The van der Waals surface area contributed by atoms with Crippen molar-refractivity contribution >= 4 is 35.0 Å². The number of carbonyl (C=O) groups excluding carboxylic acids is 4. The van der Waals surface area contributed by atoms with Crippen molar-refractivity contribution in [2.45, 2.75) is 75.7 Å². The van der Waals surface area contributed by atoms with Crippen LogP contribution in [0.3, 0.4) is 0 Å². The highest BCUT2D eigenvalue weighted by molar-refractivity contribution is 6.07. The zero-order valence-corrected chi connectivity index (χ0v) is 26.7. The number of amides is 4. The van der Waals surface area contributed by atoms with Gasteiger partial charge >= 0.3 is 0 Å². The van der Waals surface area contributed by atoms with Crippen molar-refractivity contribution in [2.75, 3.05) is 24.9 Å². The highest BCUT2D eigenvalue weighted by atomic mass is 16.5. The predicted octanol–water partition coefficient (Wildman–Crippen LogP) is 3.88. The first kappa shape index (κ1) is 34.1. The van der Waals surface area contributed by atoms with E-state index in [0.717, 1.165) is 51.4 Å². The fourth-order valence-corrected chi connectivity index (χ4v) is 5.69. The molecule has 6 rings (SSSR count).